The molecule has 1 aliphatic rings. The van der Waals surface area contributed by atoms with E-state index in [1.165, 1.54) is 38.4 Å². The van der Waals surface area contributed by atoms with E-state index >= 15 is 0 Å². The Balaban J connectivity index is 0.000000488. The average Bonchev–Trinajstić information content (AvgIpc) is 2.77. The Kier molecular flexibility index (Phi) is 9.74. The minimum absolute atomic E-state index is 0.0939. The van der Waals surface area contributed by atoms with E-state index in [1.807, 2.05) is 38.1 Å². The summed E-state index contributed by atoms with van der Waals surface area (Å²) in [6, 6.07) is 9.34. The number of carbonyl (C=O) groups is 1. The Morgan fingerprint density at radius 3 is 2.26 bits per heavy atom. The molecule has 1 aliphatic heterocycles. The van der Waals surface area contributed by atoms with Gasteiger partial charge < -0.3 is 15.3 Å². The first-order valence-electron chi connectivity index (χ1n) is 10.9. The van der Waals surface area contributed by atoms with Gasteiger partial charge in [0.05, 0.1) is 4.90 Å². The van der Waals surface area contributed by atoms with Crippen LogP contribution in [0.5, 0.6) is 0 Å². The molecule has 0 saturated carbocycles. The Bertz CT molecular complexity index is 945. The first-order chi connectivity index (χ1) is 14.8. The summed E-state index contributed by atoms with van der Waals surface area (Å²) in [6.45, 7) is 4.43. The first kappa shape index (κ1) is 25.1. The average molecular weight is 450 g/mol. The topological polar surface area (TPSA) is 98.7 Å². The Morgan fingerprint density at radius 1 is 1.10 bits per heavy atom. The van der Waals surface area contributed by atoms with E-state index in [2.05, 4.69) is 10.0 Å². The second-order valence-corrected chi connectivity index (χ2v) is 9.67. The minimum atomic E-state index is -3.95. The normalized spacial score (nSPS) is 15.1. The molecule has 8 heteroatoms. The van der Waals surface area contributed by atoms with Crippen LogP contribution < -0.4 is 14.9 Å². The molecule has 7 nitrogen and oxygen atoms in total. The van der Waals surface area contributed by atoms with Gasteiger partial charge in [0.1, 0.15) is 6.04 Å². The Labute approximate surface area is 185 Å². The molecule has 0 radical (unpaired) electrons. The zero-order valence-electron chi connectivity index (χ0n) is 18.7. The van der Waals surface area contributed by atoms with Crippen molar-refractivity contribution in [2.24, 2.45) is 0 Å². The summed E-state index contributed by atoms with van der Waals surface area (Å²) in [7, 11) is -0.177. The van der Waals surface area contributed by atoms with E-state index in [1.54, 1.807) is 18.2 Å². The molecule has 0 bridgehead atoms. The van der Waals surface area contributed by atoms with Crippen LogP contribution in [-0.4, -0.2) is 52.7 Å². The van der Waals surface area contributed by atoms with E-state index in [0.29, 0.717) is 11.8 Å². The van der Waals surface area contributed by atoms with Gasteiger partial charge in [-0.2, -0.15) is 4.72 Å². The highest BCUT2D eigenvalue weighted by atomic mass is 32.2. The van der Waals surface area contributed by atoms with E-state index < -0.39 is 22.0 Å². The van der Waals surface area contributed by atoms with Gasteiger partial charge in [-0.3, -0.25) is 4.79 Å². The lowest BCUT2D eigenvalue weighted by molar-refractivity contribution is -0.139. The third kappa shape index (κ3) is 7.19. The van der Waals surface area contributed by atoms with Gasteiger partial charge in [-0.15, -0.1) is 0 Å². The molecule has 3 rings (SSSR count). The number of nitrogens with zero attached hydrogens (tertiary/aromatic N) is 1. The quantitative estimate of drug-likeness (QED) is 0.570. The van der Waals surface area contributed by atoms with Crippen LogP contribution in [0.2, 0.25) is 0 Å². The highest BCUT2D eigenvalue weighted by molar-refractivity contribution is 7.89. The van der Waals surface area contributed by atoms with Crippen LogP contribution in [0.15, 0.2) is 41.3 Å². The summed E-state index contributed by atoms with van der Waals surface area (Å²) in [4.78, 5) is 13.4. The molecule has 0 unspecified atom stereocenters. The maximum Gasteiger partial charge on any atom is 0.321 e. The van der Waals surface area contributed by atoms with E-state index in [9.17, 15) is 18.3 Å². The first-order valence-corrected chi connectivity index (χ1v) is 12.4. The van der Waals surface area contributed by atoms with Crippen LogP contribution in [0.25, 0.3) is 10.8 Å². The minimum Gasteiger partial charge on any atom is -0.480 e. The zero-order chi connectivity index (χ0) is 22.9. The molecule has 1 heterocycles. The van der Waals surface area contributed by atoms with E-state index in [0.717, 1.165) is 17.5 Å². The summed E-state index contributed by atoms with van der Waals surface area (Å²) in [5.74, 6) is -1.16. The molecule has 1 fully saturated rings. The molecule has 0 amide bonds. The fourth-order valence-electron chi connectivity index (χ4n) is 3.58. The van der Waals surface area contributed by atoms with Crippen molar-refractivity contribution >= 4 is 32.5 Å². The summed E-state index contributed by atoms with van der Waals surface area (Å²) in [5.41, 5.74) is 0.898. The number of benzene rings is 2. The monoisotopic (exact) mass is 449 g/mol. The van der Waals surface area contributed by atoms with Gasteiger partial charge in [0.15, 0.2) is 0 Å². The van der Waals surface area contributed by atoms with Crippen molar-refractivity contribution in [2.75, 3.05) is 32.1 Å². The molecule has 31 heavy (non-hydrogen) atoms. The molecule has 0 spiro atoms. The third-order valence-corrected chi connectivity index (χ3v) is 6.81. The number of hydrogen-bond acceptors (Lipinski definition) is 5. The number of hydrogen-bond donors (Lipinski definition) is 3. The molecular formula is C23H35N3O4S. The second-order valence-electron chi connectivity index (χ2n) is 7.99. The van der Waals surface area contributed by atoms with Crippen LogP contribution in [0.3, 0.4) is 0 Å². The van der Waals surface area contributed by atoms with Crippen molar-refractivity contribution in [3.63, 3.8) is 0 Å². The molecule has 2 aromatic rings. The number of aliphatic carboxylic acids is 1. The molecule has 1 saturated heterocycles. The van der Waals surface area contributed by atoms with Crippen LogP contribution in [0.1, 0.15) is 45.4 Å². The predicted molar refractivity (Wildman–Crippen MR) is 126 cm³/mol. The van der Waals surface area contributed by atoms with Crippen molar-refractivity contribution in [3.05, 3.63) is 36.4 Å². The van der Waals surface area contributed by atoms with Gasteiger partial charge in [0.25, 0.3) is 0 Å². The number of nitrogens with one attached hydrogen (secondary N) is 2. The Hall–Kier alpha value is -2.16. The Morgan fingerprint density at radius 2 is 1.74 bits per heavy atom. The number of carboxylic acid groups (broad SMARTS) is 1. The third-order valence-electron chi connectivity index (χ3n) is 5.28. The predicted octanol–water partition coefficient (Wildman–Crippen LogP) is 3.59. The van der Waals surface area contributed by atoms with Crippen LogP contribution in [-0.2, 0) is 14.8 Å². The van der Waals surface area contributed by atoms with Crippen molar-refractivity contribution < 1.29 is 18.3 Å². The van der Waals surface area contributed by atoms with Gasteiger partial charge in [0.2, 0.25) is 10.0 Å². The second kappa shape index (κ2) is 12.0. The standard InChI is InChI=1S/C18H24N2O4S.C5H11N/c1-4-5-10-15(18(21)22)19-25(23,24)17-12-7-8-13-14(17)9-6-11-16(13)20(2)3;1-2-4-6-5-3-1/h6-9,11-12,15,19H,4-5,10H2,1-3H3,(H,21,22);6H,1-5H2/t15-;/m0./s1. The summed E-state index contributed by atoms with van der Waals surface area (Å²) in [5, 5.41) is 14.0. The SMILES string of the molecule is C1CCNCC1.CCCC[C@H](NS(=O)(=O)c1cccc2c(N(C)C)cccc12)C(=O)O. The maximum atomic E-state index is 12.8. The largest absolute Gasteiger partial charge is 0.480 e. The lowest BCUT2D eigenvalue weighted by Crippen LogP contribution is -2.40. The highest BCUT2D eigenvalue weighted by Crippen LogP contribution is 2.30. The lowest BCUT2D eigenvalue weighted by atomic mass is 10.1. The van der Waals surface area contributed by atoms with E-state index in [4.69, 9.17) is 0 Å². The lowest BCUT2D eigenvalue weighted by Gasteiger charge is -2.18. The van der Waals surface area contributed by atoms with Crippen molar-refractivity contribution in [1.82, 2.24) is 10.0 Å². The van der Waals surface area contributed by atoms with Crippen LogP contribution >= 0.6 is 0 Å². The van der Waals surface area contributed by atoms with Crippen molar-refractivity contribution in [1.29, 1.82) is 0 Å². The summed E-state index contributed by atoms with van der Waals surface area (Å²) >= 11 is 0. The fourth-order valence-corrected chi connectivity index (χ4v) is 5.03. The summed E-state index contributed by atoms with van der Waals surface area (Å²) in [6.07, 6.45) is 5.91. The molecule has 172 valence electrons. The van der Waals surface area contributed by atoms with Crippen molar-refractivity contribution in [3.8, 4) is 0 Å². The van der Waals surface area contributed by atoms with Gasteiger partial charge >= 0.3 is 5.97 Å². The molecule has 1 atom stereocenters. The number of unbranched alkanes of at least 4 members (excludes halogenated alkanes) is 1. The number of anilines is 1. The summed E-state index contributed by atoms with van der Waals surface area (Å²) < 4.78 is 28.0. The molecule has 0 aliphatic carbocycles. The highest BCUT2D eigenvalue weighted by Gasteiger charge is 2.26. The number of rotatable bonds is 8. The van der Waals surface area contributed by atoms with E-state index in [-0.39, 0.29) is 11.3 Å². The maximum absolute atomic E-state index is 12.8. The fraction of sp³-hybridized carbons (Fsp3) is 0.522. The van der Waals surface area contributed by atoms with Gasteiger partial charge in [-0.1, -0.05) is 50.5 Å². The van der Waals surface area contributed by atoms with Crippen LogP contribution in [0.4, 0.5) is 5.69 Å². The molecular weight excluding hydrogens is 414 g/mol. The molecule has 0 aromatic heterocycles. The molecule has 2 aromatic carbocycles. The number of piperidine rings is 1. The number of carboxylic acids is 1. The van der Waals surface area contributed by atoms with Gasteiger partial charge in [-0.05, 0) is 44.5 Å². The van der Waals surface area contributed by atoms with Gasteiger partial charge in [0, 0.05) is 30.6 Å². The smallest absolute Gasteiger partial charge is 0.321 e. The number of sulfonamides is 1. The zero-order valence-corrected chi connectivity index (χ0v) is 19.5. The van der Waals surface area contributed by atoms with Crippen LogP contribution in [0, 0.1) is 0 Å². The van der Waals surface area contributed by atoms with Crippen molar-refractivity contribution in [2.45, 2.75) is 56.4 Å². The van der Waals surface area contributed by atoms with Gasteiger partial charge in [-0.25, -0.2) is 8.42 Å². The number of fused-ring (bicyclic) bond motifs is 1. The molecule has 3 N–H and O–H groups in total.